The van der Waals surface area contributed by atoms with Gasteiger partial charge in [-0.15, -0.1) is 11.8 Å². The topological polar surface area (TPSA) is 29.5 Å². The van der Waals surface area contributed by atoms with Crippen LogP contribution in [0.1, 0.15) is 30.9 Å². The van der Waals surface area contributed by atoms with Gasteiger partial charge in [0.15, 0.2) is 0 Å². The Morgan fingerprint density at radius 1 is 1.44 bits per heavy atom. The molecule has 0 aliphatic carbocycles. The van der Waals surface area contributed by atoms with Gasteiger partial charge in [0, 0.05) is 17.4 Å². The van der Waals surface area contributed by atoms with Crippen molar-refractivity contribution < 1.29 is 9.84 Å². The van der Waals surface area contributed by atoms with Crippen molar-refractivity contribution in [2.75, 3.05) is 20.0 Å². The van der Waals surface area contributed by atoms with Gasteiger partial charge in [0.25, 0.3) is 0 Å². The SMILES string of the molecule is CCc1cc(SC)c(C(C)CO)cc1OC. The second-order valence-corrected chi connectivity index (χ2v) is 4.69. The molecule has 3 heteroatoms. The van der Waals surface area contributed by atoms with Crippen molar-refractivity contribution in [3.63, 3.8) is 0 Å². The number of hydrogen-bond acceptors (Lipinski definition) is 3. The molecular weight excluding hydrogens is 220 g/mol. The van der Waals surface area contributed by atoms with Gasteiger partial charge in [0.05, 0.1) is 7.11 Å². The molecule has 0 amide bonds. The summed E-state index contributed by atoms with van der Waals surface area (Å²) in [4.78, 5) is 1.24. The van der Waals surface area contributed by atoms with E-state index in [4.69, 9.17) is 4.74 Å². The Kier molecular flexibility index (Phi) is 5.16. The van der Waals surface area contributed by atoms with Crippen LogP contribution >= 0.6 is 11.8 Å². The zero-order valence-corrected chi connectivity index (χ0v) is 11.2. The van der Waals surface area contributed by atoms with E-state index in [2.05, 4.69) is 25.3 Å². The van der Waals surface area contributed by atoms with Crippen LogP contribution in [0.3, 0.4) is 0 Å². The first-order chi connectivity index (χ1) is 7.67. The van der Waals surface area contributed by atoms with Crippen molar-refractivity contribution in [3.05, 3.63) is 23.3 Å². The van der Waals surface area contributed by atoms with Crippen LogP contribution in [0.2, 0.25) is 0 Å². The Morgan fingerprint density at radius 3 is 2.56 bits per heavy atom. The number of hydrogen-bond donors (Lipinski definition) is 1. The summed E-state index contributed by atoms with van der Waals surface area (Å²) in [6.45, 7) is 4.32. The maximum Gasteiger partial charge on any atom is 0.122 e. The fraction of sp³-hybridized carbons (Fsp3) is 0.538. The third kappa shape index (κ3) is 2.71. The minimum atomic E-state index is 0.155. The van der Waals surface area contributed by atoms with Crippen molar-refractivity contribution in [3.8, 4) is 5.75 Å². The maximum atomic E-state index is 9.25. The average molecular weight is 240 g/mol. The molecule has 1 aromatic carbocycles. The van der Waals surface area contributed by atoms with E-state index in [1.54, 1.807) is 18.9 Å². The number of ether oxygens (including phenoxy) is 1. The lowest BCUT2D eigenvalue weighted by Gasteiger charge is -2.17. The van der Waals surface area contributed by atoms with Crippen LogP contribution in [0, 0.1) is 0 Å². The van der Waals surface area contributed by atoms with Crippen LogP contribution in [0.15, 0.2) is 17.0 Å². The largest absolute Gasteiger partial charge is 0.496 e. The van der Waals surface area contributed by atoms with Gasteiger partial charge in [-0.3, -0.25) is 0 Å². The molecular formula is C13H20O2S. The molecule has 1 N–H and O–H groups in total. The van der Waals surface area contributed by atoms with Crippen molar-refractivity contribution in [2.24, 2.45) is 0 Å². The monoisotopic (exact) mass is 240 g/mol. The lowest BCUT2D eigenvalue weighted by atomic mass is 9.99. The standard InChI is InChI=1S/C13H20O2S/c1-5-10-6-13(16-4)11(9(2)8-14)7-12(10)15-3/h6-7,9,14H,5,8H2,1-4H3. The molecule has 1 unspecified atom stereocenters. The third-order valence-corrected chi connectivity index (χ3v) is 3.61. The van der Waals surface area contributed by atoms with Gasteiger partial charge >= 0.3 is 0 Å². The highest BCUT2D eigenvalue weighted by Crippen LogP contribution is 2.33. The number of thioether (sulfide) groups is 1. The van der Waals surface area contributed by atoms with Gasteiger partial charge in [-0.25, -0.2) is 0 Å². The summed E-state index contributed by atoms with van der Waals surface area (Å²) in [5, 5.41) is 9.25. The van der Waals surface area contributed by atoms with Gasteiger partial charge in [-0.2, -0.15) is 0 Å². The minimum absolute atomic E-state index is 0.155. The first-order valence-corrected chi connectivity index (χ1v) is 6.76. The molecule has 0 aromatic heterocycles. The van der Waals surface area contributed by atoms with Gasteiger partial charge in [-0.1, -0.05) is 13.8 Å². The van der Waals surface area contributed by atoms with Crippen LogP contribution in [-0.4, -0.2) is 25.1 Å². The van der Waals surface area contributed by atoms with Gasteiger partial charge in [0.1, 0.15) is 5.75 Å². The molecule has 2 nitrogen and oxygen atoms in total. The Bertz CT molecular complexity index is 350. The molecule has 90 valence electrons. The minimum Gasteiger partial charge on any atom is -0.496 e. The quantitative estimate of drug-likeness (QED) is 0.802. The summed E-state index contributed by atoms with van der Waals surface area (Å²) < 4.78 is 5.38. The van der Waals surface area contributed by atoms with E-state index in [1.165, 1.54) is 16.0 Å². The molecule has 0 aliphatic heterocycles. The highest BCUT2D eigenvalue weighted by atomic mass is 32.2. The van der Waals surface area contributed by atoms with Crippen molar-refractivity contribution in [1.29, 1.82) is 0 Å². The lowest BCUT2D eigenvalue weighted by molar-refractivity contribution is 0.271. The smallest absolute Gasteiger partial charge is 0.122 e. The summed E-state index contributed by atoms with van der Waals surface area (Å²) in [5.74, 6) is 1.08. The average Bonchev–Trinajstić information content (AvgIpc) is 2.35. The van der Waals surface area contributed by atoms with Gasteiger partial charge < -0.3 is 9.84 Å². The first-order valence-electron chi connectivity index (χ1n) is 5.53. The zero-order valence-electron chi connectivity index (χ0n) is 10.4. The van der Waals surface area contributed by atoms with Gasteiger partial charge in [-0.05, 0) is 35.9 Å². The third-order valence-electron chi connectivity index (χ3n) is 2.82. The van der Waals surface area contributed by atoms with E-state index in [9.17, 15) is 5.11 Å². The van der Waals surface area contributed by atoms with E-state index in [1.807, 2.05) is 6.92 Å². The Morgan fingerprint density at radius 2 is 2.12 bits per heavy atom. The highest BCUT2D eigenvalue weighted by Gasteiger charge is 2.13. The van der Waals surface area contributed by atoms with Crippen molar-refractivity contribution in [2.45, 2.75) is 31.1 Å². The zero-order chi connectivity index (χ0) is 12.1. The van der Waals surface area contributed by atoms with E-state index in [-0.39, 0.29) is 12.5 Å². The van der Waals surface area contributed by atoms with Crippen molar-refractivity contribution >= 4 is 11.8 Å². The Balaban J connectivity index is 3.25. The number of benzene rings is 1. The summed E-state index contributed by atoms with van der Waals surface area (Å²) in [6.07, 6.45) is 3.03. The second kappa shape index (κ2) is 6.16. The molecule has 0 spiro atoms. The summed E-state index contributed by atoms with van der Waals surface area (Å²) in [5.41, 5.74) is 2.39. The number of aliphatic hydroxyl groups excluding tert-OH is 1. The number of aryl methyl sites for hydroxylation is 1. The molecule has 1 aromatic rings. The second-order valence-electron chi connectivity index (χ2n) is 3.84. The molecule has 0 saturated carbocycles. The van der Waals surface area contributed by atoms with Crippen LogP contribution in [0.4, 0.5) is 0 Å². The predicted octanol–water partition coefficient (Wildman–Crippen LogP) is 3.08. The summed E-state index contributed by atoms with van der Waals surface area (Å²) in [7, 11) is 1.70. The lowest BCUT2D eigenvalue weighted by Crippen LogP contribution is -2.03. The molecule has 1 rings (SSSR count). The maximum absolute atomic E-state index is 9.25. The normalized spacial score (nSPS) is 12.6. The van der Waals surface area contributed by atoms with E-state index in [0.29, 0.717) is 0 Å². The van der Waals surface area contributed by atoms with Crippen LogP contribution in [0.5, 0.6) is 5.75 Å². The highest BCUT2D eigenvalue weighted by molar-refractivity contribution is 7.98. The Hall–Kier alpha value is -0.670. The molecule has 0 aliphatic rings. The summed E-state index contributed by atoms with van der Waals surface area (Å²) in [6, 6.07) is 4.23. The first kappa shape index (κ1) is 13.4. The van der Waals surface area contributed by atoms with E-state index >= 15 is 0 Å². The molecule has 1 atom stereocenters. The fourth-order valence-corrected chi connectivity index (χ4v) is 2.50. The molecule has 0 bridgehead atoms. The van der Waals surface area contributed by atoms with Crippen LogP contribution < -0.4 is 4.74 Å². The predicted molar refractivity (Wildman–Crippen MR) is 69.7 cm³/mol. The molecule has 0 saturated heterocycles. The number of rotatable bonds is 5. The van der Waals surface area contributed by atoms with Crippen LogP contribution in [-0.2, 0) is 6.42 Å². The fourth-order valence-electron chi connectivity index (χ4n) is 1.74. The molecule has 0 radical (unpaired) electrons. The van der Waals surface area contributed by atoms with E-state index in [0.717, 1.165) is 12.2 Å². The molecule has 0 heterocycles. The Labute approximate surface area is 102 Å². The van der Waals surface area contributed by atoms with E-state index < -0.39 is 0 Å². The van der Waals surface area contributed by atoms with Crippen molar-refractivity contribution in [1.82, 2.24) is 0 Å². The van der Waals surface area contributed by atoms with Crippen LogP contribution in [0.25, 0.3) is 0 Å². The van der Waals surface area contributed by atoms with Gasteiger partial charge in [0.2, 0.25) is 0 Å². The number of methoxy groups -OCH3 is 1. The number of aliphatic hydroxyl groups is 1. The molecule has 0 fully saturated rings. The molecule has 16 heavy (non-hydrogen) atoms. The summed E-state index contributed by atoms with van der Waals surface area (Å²) >= 11 is 1.72.